The molecule has 0 bridgehead atoms. The van der Waals surface area contributed by atoms with Crippen molar-refractivity contribution in [2.45, 2.75) is 26.3 Å². The molecule has 0 atom stereocenters. The van der Waals surface area contributed by atoms with E-state index in [0.29, 0.717) is 36.4 Å². The van der Waals surface area contributed by atoms with E-state index in [-0.39, 0.29) is 11.4 Å². The molecule has 1 aliphatic rings. The Hall–Kier alpha value is -1.27. The lowest BCUT2D eigenvalue weighted by Crippen LogP contribution is -2.44. The third kappa shape index (κ3) is 3.65. The summed E-state index contributed by atoms with van der Waals surface area (Å²) in [6.45, 7) is 5.85. The average Bonchev–Trinajstić information content (AvgIpc) is 3.04. The Morgan fingerprint density at radius 1 is 1.16 bits per heavy atom. The highest BCUT2D eigenvalue weighted by Gasteiger charge is 2.39. The van der Waals surface area contributed by atoms with Crippen LogP contribution in [-0.2, 0) is 4.79 Å². The molecule has 0 spiro atoms. The van der Waals surface area contributed by atoms with Crippen LogP contribution in [0.3, 0.4) is 0 Å². The predicted octanol–water partition coefficient (Wildman–Crippen LogP) is 6.25. The summed E-state index contributed by atoms with van der Waals surface area (Å²) in [7, 11) is 0. The van der Waals surface area contributed by atoms with E-state index in [1.54, 1.807) is 41.3 Å². The summed E-state index contributed by atoms with van der Waals surface area (Å²) in [5.41, 5.74) is 0.267. The van der Waals surface area contributed by atoms with Gasteiger partial charge in [-0.3, -0.25) is 9.69 Å². The fraction of sp³-hybridized carbons (Fsp3) is 0.222. The Labute approximate surface area is 166 Å². The Morgan fingerprint density at radius 2 is 1.80 bits per heavy atom. The van der Waals surface area contributed by atoms with Gasteiger partial charge in [-0.2, -0.15) is 0 Å². The third-order valence-electron chi connectivity index (χ3n) is 3.57. The third-order valence-corrected chi connectivity index (χ3v) is 5.51. The molecule has 130 valence electrons. The van der Waals surface area contributed by atoms with Crippen LogP contribution in [0.15, 0.2) is 39.7 Å². The summed E-state index contributed by atoms with van der Waals surface area (Å²) in [5.74, 6) is 0.977. The van der Waals surface area contributed by atoms with Gasteiger partial charge < -0.3 is 4.42 Å². The first-order valence-corrected chi connectivity index (χ1v) is 9.49. The van der Waals surface area contributed by atoms with Crippen molar-refractivity contribution < 1.29 is 9.21 Å². The molecule has 1 aromatic carbocycles. The van der Waals surface area contributed by atoms with Crippen LogP contribution in [0.4, 0.5) is 0 Å². The molecule has 0 N–H and O–H groups in total. The van der Waals surface area contributed by atoms with E-state index in [4.69, 9.17) is 39.8 Å². The maximum atomic E-state index is 12.6. The number of nitrogens with zero attached hydrogens (tertiary/aromatic N) is 1. The van der Waals surface area contributed by atoms with E-state index in [0.717, 1.165) is 0 Å². The van der Waals surface area contributed by atoms with Gasteiger partial charge in [0.15, 0.2) is 0 Å². The van der Waals surface area contributed by atoms with Crippen molar-refractivity contribution in [2.24, 2.45) is 0 Å². The maximum absolute atomic E-state index is 12.6. The lowest BCUT2D eigenvalue weighted by molar-refractivity contribution is -0.125. The van der Waals surface area contributed by atoms with Crippen molar-refractivity contribution in [2.75, 3.05) is 0 Å². The van der Waals surface area contributed by atoms with Gasteiger partial charge in [-0.1, -0.05) is 53.2 Å². The zero-order chi connectivity index (χ0) is 18.4. The predicted molar refractivity (Wildman–Crippen MR) is 109 cm³/mol. The molecule has 0 aliphatic carbocycles. The number of hydrogen-bond donors (Lipinski definition) is 0. The van der Waals surface area contributed by atoms with Gasteiger partial charge in [-0.15, -0.1) is 0 Å². The van der Waals surface area contributed by atoms with Gasteiger partial charge >= 0.3 is 0 Å². The summed E-state index contributed by atoms with van der Waals surface area (Å²) >= 11 is 19.0. The first-order valence-electron chi connectivity index (χ1n) is 7.51. The second kappa shape index (κ2) is 6.80. The average molecular weight is 412 g/mol. The quantitative estimate of drug-likeness (QED) is 0.431. The molecule has 1 aliphatic heterocycles. The summed E-state index contributed by atoms with van der Waals surface area (Å²) in [5, 5.41) is 1.01. The van der Waals surface area contributed by atoms with Crippen molar-refractivity contribution in [3.05, 3.63) is 51.0 Å². The molecule has 2 heterocycles. The largest absolute Gasteiger partial charge is 0.457 e. The minimum atomic E-state index is -0.365. The number of thioether (sulfide) groups is 1. The number of thiocarbonyl (C=S) groups is 1. The molecule has 7 heteroatoms. The Morgan fingerprint density at radius 3 is 2.36 bits per heavy atom. The highest BCUT2D eigenvalue weighted by Crippen LogP contribution is 2.39. The molecule has 0 saturated carbocycles. The van der Waals surface area contributed by atoms with E-state index < -0.39 is 0 Å². The lowest BCUT2D eigenvalue weighted by Gasteiger charge is -2.30. The number of carbonyl (C=O) groups excluding carboxylic acids is 1. The summed E-state index contributed by atoms with van der Waals surface area (Å²) < 4.78 is 6.37. The molecule has 1 fully saturated rings. The fourth-order valence-electron chi connectivity index (χ4n) is 2.47. The topological polar surface area (TPSA) is 33.5 Å². The first kappa shape index (κ1) is 18.5. The smallest absolute Gasteiger partial charge is 0.266 e. The SMILES string of the molecule is CC(C)(C)N1C(=O)/C(=C\c2ccc(-c3c(Cl)cccc3Cl)o2)SC1=S. The van der Waals surface area contributed by atoms with Crippen molar-refractivity contribution in [1.29, 1.82) is 0 Å². The first-order chi connectivity index (χ1) is 11.7. The van der Waals surface area contributed by atoms with Crippen LogP contribution in [0.2, 0.25) is 10.0 Å². The number of amides is 1. The Balaban J connectivity index is 1.93. The van der Waals surface area contributed by atoms with Crippen LogP contribution in [0.25, 0.3) is 17.4 Å². The zero-order valence-corrected chi connectivity index (χ0v) is 16.9. The van der Waals surface area contributed by atoms with Gasteiger partial charge in [0, 0.05) is 11.6 Å². The fourth-order valence-corrected chi connectivity index (χ4v) is 4.67. The summed E-state index contributed by atoms with van der Waals surface area (Å²) in [6.07, 6.45) is 1.69. The highest BCUT2D eigenvalue weighted by atomic mass is 35.5. The number of rotatable bonds is 2. The van der Waals surface area contributed by atoms with Crippen LogP contribution in [0.5, 0.6) is 0 Å². The molecular formula is C18H15Cl2NO2S2. The van der Waals surface area contributed by atoms with E-state index >= 15 is 0 Å². The molecular weight excluding hydrogens is 397 g/mol. The molecule has 3 nitrogen and oxygen atoms in total. The minimum absolute atomic E-state index is 0.115. The number of halogens is 2. The molecule has 1 amide bonds. The van der Waals surface area contributed by atoms with Crippen molar-refractivity contribution in [3.8, 4) is 11.3 Å². The van der Waals surface area contributed by atoms with E-state index in [1.807, 2.05) is 20.8 Å². The number of hydrogen-bond acceptors (Lipinski definition) is 4. The second-order valence-corrected chi connectivity index (χ2v) is 8.98. The van der Waals surface area contributed by atoms with Crippen molar-refractivity contribution in [3.63, 3.8) is 0 Å². The van der Waals surface area contributed by atoms with E-state index in [2.05, 4.69) is 0 Å². The second-order valence-electron chi connectivity index (χ2n) is 6.49. The molecule has 0 radical (unpaired) electrons. The van der Waals surface area contributed by atoms with E-state index in [1.165, 1.54) is 11.8 Å². The maximum Gasteiger partial charge on any atom is 0.266 e. The Kier molecular flexibility index (Phi) is 5.04. The Bertz CT molecular complexity index is 876. The lowest BCUT2D eigenvalue weighted by atomic mass is 10.1. The molecule has 1 saturated heterocycles. The van der Waals surface area contributed by atoms with Gasteiger partial charge in [0.2, 0.25) is 0 Å². The number of furan rings is 1. The molecule has 3 rings (SSSR count). The van der Waals surface area contributed by atoms with Gasteiger partial charge in [0.1, 0.15) is 15.8 Å². The molecule has 2 aromatic rings. The van der Waals surface area contributed by atoms with Crippen LogP contribution < -0.4 is 0 Å². The van der Waals surface area contributed by atoms with Crippen molar-refractivity contribution in [1.82, 2.24) is 4.90 Å². The van der Waals surface area contributed by atoms with E-state index in [9.17, 15) is 4.79 Å². The van der Waals surface area contributed by atoms with Gasteiger partial charge in [-0.25, -0.2) is 0 Å². The highest BCUT2D eigenvalue weighted by molar-refractivity contribution is 8.26. The summed E-state index contributed by atoms with van der Waals surface area (Å²) in [6, 6.07) is 8.83. The van der Waals surface area contributed by atoms with Crippen molar-refractivity contribution >= 4 is 63.5 Å². The molecule has 1 aromatic heterocycles. The molecule has 25 heavy (non-hydrogen) atoms. The van der Waals surface area contributed by atoms with Gasteiger partial charge in [0.05, 0.1) is 20.5 Å². The van der Waals surface area contributed by atoms with Crippen LogP contribution in [-0.4, -0.2) is 20.7 Å². The number of benzene rings is 1. The number of carbonyl (C=O) groups is 1. The standard InChI is InChI=1S/C18H15Cl2NO2S2/c1-18(2,3)21-16(22)14(25-17(21)24)9-10-7-8-13(23-10)15-11(19)5-4-6-12(15)20/h4-9H,1-3H3/b14-9+. The van der Waals surface area contributed by atoms with Gasteiger partial charge in [0.25, 0.3) is 5.91 Å². The molecule has 0 unspecified atom stereocenters. The van der Waals surface area contributed by atoms with Crippen LogP contribution >= 0.6 is 47.2 Å². The normalized spacial score (nSPS) is 17.0. The summed E-state index contributed by atoms with van der Waals surface area (Å²) in [4.78, 5) is 14.8. The van der Waals surface area contributed by atoms with Crippen LogP contribution in [0, 0.1) is 0 Å². The zero-order valence-electron chi connectivity index (χ0n) is 13.8. The van der Waals surface area contributed by atoms with Gasteiger partial charge in [-0.05, 0) is 45.0 Å². The monoisotopic (exact) mass is 411 g/mol. The van der Waals surface area contributed by atoms with Crippen LogP contribution in [0.1, 0.15) is 26.5 Å². The minimum Gasteiger partial charge on any atom is -0.457 e.